The summed E-state index contributed by atoms with van der Waals surface area (Å²) in [5, 5.41) is 17.3. The van der Waals surface area contributed by atoms with E-state index in [-0.39, 0.29) is 22.8 Å². The predicted octanol–water partition coefficient (Wildman–Crippen LogP) is 1.03. The summed E-state index contributed by atoms with van der Waals surface area (Å²) in [4.78, 5) is 25.4. The quantitative estimate of drug-likeness (QED) is 0.776. The number of rotatable bonds is 3. The fourth-order valence-electron chi connectivity index (χ4n) is 2.71. The number of nitrogens with two attached hydrogens (primary N) is 1. The number of carbonyl (C=O) groups is 1. The Hall–Kier alpha value is -2.51. The Morgan fingerprint density at radius 3 is 2.58 bits per heavy atom. The fourth-order valence-corrected chi connectivity index (χ4v) is 2.71. The monoisotopic (exact) mass is 333 g/mol. The first-order chi connectivity index (χ1) is 11.1. The number of fused-ring (bicyclic) bond motifs is 1. The molecule has 0 atom stereocenters. The van der Waals surface area contributed by atoms with Crippen molar-refractivity contribution < 1.29 is 9.90 Å². The first-order valence-corrected chi connectivity index (χ1v) is 8.01. The fraction of sp³-hybridized carbons (Fsp3) is 0.562. The molecule has 1 aliphatic carbocycles. The summed E-state index contributed by atoms with van der Waals surface area (Å²) < 4.78 is 2.65. The van der Waals surface area contributed by atoms with Gasteiger partial charge in [0.25, 0.3) is 11.5 Å². The van der Waals surface area contributed by atoms with Gasteiger partial charge in [-0.3, -0.25) is 14.2 Å². The molecule has 2 aromatic rings. The van der Waals surface area contributed by atoms with E-state index in [0.717, 1.165) is 12.8 Å². The highest BCUT2D eigenvalue weighted by molar-refractivity contribution is 5.96. The van der Waals surface area contributed by atoms with Gasteiger partial charge in [-0.25, -0.2) is 0 Å². The maximum Gasteiger partial charge on any atom is 0.270 e. The van der Waals surface area contributed by atoms with Crippen molar-refractivity contribution >= 4 is 17.4 Å². The van der Waals surface area contributed by atoms with Gasteiger partial charge in [-0.15, -0.1) is 5.10 Å². The number of nitrogens with one attached hydrogen (secondary N) is 1. The highest BCUT2D eigenvalue weighted by Gasteiger charge is 2.30. The number of hydrogen-bond acceptors (Lipinski definition) is 5. The van der Waals surface area contributed by atoms with Crippen LogP contribution in [0.3, 0.4) is 0 Å². The highest BCUT2D eigenvalue weighted by atomic mass is 16.3. The van der Waals surface area contributed by atoms with Crippen LogP contribution in [0.25, 0.3) is 5.65 Å². The average Bonchev–Trinajstić information content (AvgIpc) is 3.20. The molecule has 4 N–H and O–H groups in total. The Kier molecular flexibility index (Phi) is 3.58. The van der Waals surface area contributed by atoms with Gasteiger partial charge in [-0.2, -0.15) is 4.52 Å². The van der Waals surface area contributed by atoms with E-state index in [0.29, 0.717) is 17.8 Å². The number of aromatic hydroxyl groups is 1. The topological polar surface area (TPSA) is 115 Å². The van der Waals surface area contributed by atoms with Crippen molar-refractivity contribution in [2.24, 2.45) is 5.41 Å². The van der Waals surface area contributed by atoms with Crippen molar-refractivity contribution in [3.8, 4) is 5.88 Å². The molecule has 2 aromatic heterocycles. The number of nitrogen functional groups attached to an aromatic ring is 1. The van der Waals surface area contributed by atoms with Crippen molar-refractivity contribution in [2.45, 2.75) is 53.1 Å². The van der Waals surface area contributed by atoms with Gasteiger partial charge in [0.1, 0.15) is 5.65 Å². The summed E-state index contributed by atoms with van der Waals surface area (Å²) in [5.41, 5.74) is 5.84. The summed E-state index contributed by atoms with van der Waals surface area (Å²) >= 11 is 0. The van der Waals surface area contributed by atoms with E-state index in [1.807, 2.05) is 20.8 Å². The summed E-state index contributed by atoms with van der Waals surface area (Å²) in [6.07, 6.45) is 1.78. The summed E-state index contributed by atoms with van der Waals surface area (Å²) in [5.74, 6) is -0.832. The molecule has 8 nitrogen and oxygen atoms in total. The minimum absolute atomic E-state index is 0.0764. The summed E-state index contributed by atoms with van der Waals surface area (Å²) in [7, 11) is 0. The Balaban J connectivity index is 2.29. The number of amides is 1. The lowest BCUT2D eigenvalue weighted by molar-refractivity contribution is 0.0944. The van der Waals surface area contributed by atoms with Crippen LogP contribution in [0, 0.1) is 12.3 Å². The van der Waals surface area contributed by atoms with Crippen LogP contribution in [0.15, 0.2) is 4.79 Å². The molecule has 0 bridgehead atoms. The molecule has 0 saturated heterocycles. The van der Waals surface area contributed by atoms with Gasteiger partial charge in [0.15, 0.2) is 11.4 Å². The number of nitrogens with zero attached hydrogens (tertiary/aromatic N) is 3. The van der Waals surface area contributed by atoms with Gasteiger partial charge < -0.3 is 16.2 Å². The number of aryl methyl sites for hydroxylation is 1. The minimum atomic E-state index is -0.573. The Morgan fingerprint density at radius 1 is 1.42 bits per heavy atom. The van der Waals surface area contributed by atoms with Gasteiger partial charge in [-0.1, -0.05) is 20.8 Å². The van der Waals surface area contributed by atoms with E-state index in [2.05, 4.69) is 10.4 Å². The van der Waals surface area contributed by atoms with Crippen LogP contribution < -0.4 is 16.6 Å². The van der Waals surface area contributed by atoms with E-state index in [1.165, 1.54) is 9.08 Å². The van der Waals surface area contributed by atoms with E-state index < -0.39 is 17.3 Å². The van der Waals surface area contributed by atoms with Gasteiger partial charge in [-0.05, 0) is 25.2 Å². The smallest absolute Gasteiger partial charge is 0.270 e. The maximum absolute atomic E-state index is 12.9. The third-order valence-electron chi connectivity index (χ3n) is 4.04. The Bertz CT molecular complexity index is 884. The van der Waals surface area contributed by atoms with Crippen molar-refractivity contribution in [1.29, 1.82) is 0 Å². The standard InChI is InChI=1S/C16H23N5O3/c1-8-11(17)19-21-13(8)20(7-16(2,3)4)14(23)10(15(21)24)12(22)18-9-5-6-9/h9,24H,5-7H2,1-4H3,(H2,17,19)(H,18,22). The average molecular weight is 333 g/mol. The third-order valence-corrected chi connectivity index (χ3v) is 4.04. The lowest BCUT2D eigenvalue weighted by atomic mass is 9.96. The van der Waals surface area contributed by atoms with E-state index in [9.17, 15) is 14.7 Å². The lowest BCUT2D eigenvalue weighted by Gasteiger charge is -2.22. The molecule has 3 rings (SSSR count). The normalized spacial score (nSPS) is 15.0. The van der Waals surface area contributed by atoms with Crippen molar-refractivity contribution in [1.82, 2.24) is 19.5 Å². The van der Waals surface area contributed by atoms with E-state index >= 15 is 0 Å². The van der Waals surface area contributed by atoms with E-state index in [1.54, 1.807) is 6.92 Å². The first kappa shape index (κ1) is 16.4. The largest absolute Gasteiger partial charge is 0.492 e. The second-order valence-electron chi connectivity index (χ2n) is 7.64. The number of carbonyl (C=O) groups excluding carboxylic acids is 1. The van der Waals surface area contributed by atoms with Gasteiger partial charge in [0, 0.05) is 18.2 Å². The van der Waals surface area contributed by atoms with Crippen molar-refractivity contribution in [2.75, 3.05) is 5.73 Å². The molecule has 1 aliphatic rings. The van der Waals surface area contributed by atoms with E-state index in [4.69, 9.17) is 5.73 Å². The number of anilines is 1. The van der Waals surface area contributed by atoms with Crippen LogP contribution in [0.5, 0.6) is 5.88 Å². The van der Waals surface area contributed by atoms with Crippen LogP contribution in [-0.2, 0) is 6.54 Å². The van der Waals surface area contributed by atoms with Crippen LogP contribution in [0.2, 0.25) is 0 Å². The third kappa shape index (κ3) is 2.72. The molecule has 24 heavy (non-hydrogen) atoms. The molecule has 0 radical (unpaired) electrons. The van der Waals surface area contributed by atoms with Gasteiger partial charge in [0.2, 0.25) is 5.88 Å². The van der Waals surface area contributed by atoms with Crippen LogP contribution >= 0.6 is 0 Å². The molecule has 0 aliphatic heterocycles. The number of hydrogen-bond donors (Lipinski definition) is 3. The minimum Gasteiger partial charge on any atom is -0.492 e. The number of aromatic nitrogens is 3. The lowest BCUT2D eigenvalue weighted by Crippen LogP contribution is -2.37. The molecule has 2 heterocycles. The van der Waals surface area contributed by atoms with Crippen LogP contribution in [-0.4, -0.2) is 31.2 Å². The molecular formula is C16H23N5O3. The maximum atomic E-state index is 12.9. The zero-order valence-electron chi connectivity index (χ0n) is 14.4. The van der Waals surface area contributed by atoms with Crippen LogP contribution in [0.1, 0.15) is 49.5 Å². The molecular weight excluding hydrogens is 310 g/mol. The molecule has 130 valence electrons. The van der Waals surface area contributed by atoms with Gasteiger partial charge in [0.05, 0.1) is 0 Å². The molecule has 0 spiro atoms. The van der Waals surface area contributed by atoms with Crippen molar-refractivity contribution in [3.63, 3.8) is 0 Å². The molecule has 1 fully saturated rings. The Morgan fingerprint density at radius 2 is 2.04 bits per heavy atom. The molecule has 0 aromatic carbocycles. The zero-order valence-corrected chi connectivity index (χ0v) is 14.4. The second-order valence-corrected chi connectivity index (χ2v) is 7.64. The summed E-state index contributed by atoms with van der Waals surface area (Å²) in [6, 6.07) is 0.0764. The molecule has 1 amide bonds. The van der Waals surface area contributed by atoms with Gasteiger partial charge >= 0.3 is 0 Å². The zero-order chi connectivity index (χ0) is 17.8. The molecule has 0 unspecified atom stereocenters. The molecule has 8 heteroatoms. The van der Waals surface area contributed by atoms with Crippen molar-refractivity contribution in [3.05, 3.63) is 21.5 Å². The summed E-state index contributed by atoms with van der Waals surface area (Å²) in [6.45, 7) is 8.07. The van der Waals surface area contributed by atoms with Crippen LogP contribution in [0.4, 0.5) is 5.82 Å². The highest BCUT2D eigenvalue weighted by Crippen LogP contribution is 2.26. The second kappa shape index (κ2) is 5.25. The first-order valence-electron chi connectivity index (χ1n) is 8.01. The predicted molar refractivity (Wildman–Crippen MR) is 90.2 cm³/mol. The SMILES string of the molecule is Cc1c(N)nn2c(O)c(C(=O)NC3CC3)c(=O)n(CC(C)(C)C)c12. The molecule has 1 saturated carbocycles. The Labute approximate surface area is 139 Å².